The van der Waals surface area contributed by atoms with Crippen LogP contribution in [0.15, 0.2) is 99.8 Å². The van der Waals surface area contributed by atoms with Crippen LogP contribution in [0.3, 0.4) is 0 Å². The fourth-order valence-electron chi connectivity index (χ4n) is 6.33. The van der Waals surface area contributed by atoms with E-state index in [1.54, 1.807) is 54.6 Å². The molecule has 51 heavy (non-hydrogen) atoms. The lowest BCUT2D eigenvalue weighted by atomic mass is 9.94. The van der Waals surface area contributed by atoms with Gasteiger partial charge in [-0.2, -0.15) is 0 Å². The Morgan fingerprint density at radius 2 is 1.29 bits per heavy atom. The molecule has 1 N–H and O–H groups in total. The first-order valence-electron chi connectivity index (χ1n) is 16.7. The van der Waals surface area contributed by atoms with E-state index < -0.39 is 67.1 Å². The lowest BCUT2D eigenvalue weighted by molar-refractivity contribution is -0.300. The molecule has 4 heterocycles. The van der Waals surface area contributed by atoms with Gasteiger partial charge in [0, 0.05) is 20.0 Å². The van der Waals surface area contributed by atoms with Gasteiger partial charge in [0.1, 0.15) is 17.1 Å². The first-order valence-corrected chi connectivity index (χ1v) is 16.7. The van der Waals surface area contributed by atoms with Gasteiger partial charge in [-0.1, -0.05) is 54.6 Å². The smallest absolute Gasteiger partial charge is 0.338 e. The van der Waals surface area contributed by atoms with Crippen molar-refractivity contribution in [3.63, 3.8) is 0 Å². The Morgan fingerprint density at radius 1 is 0.765 bits per heavy atom. The molecule has 0 radical (unpaired) electrons. The van der Waals surface area contributed by atoms with Crippen LogP contribution in [0.1, 0.15) is 35.0 Å². The second-order valence-corrected chi connectivity index (χ2v) is 12.4. The van der Waals surface area contributed by atoms with Crippen molar-refractivity contribution in [2.45, 2.75) is 56.4 Å². The minimum absolute atomic E-state index is 0.0868. The Hall–Kier alpha value is -5.37. The van der Waals surface area contributed by atoms with Gasteiger partial charge < -0.3 is 37.6 Å². The van der Waals surface area contributed by atoms with E-state index in [9.17, 15) is 19.5 Å². The normalized spacial score (nSPS) is 25.7. The standard InChI is InChI=1S/C38H36N2O11/c1-45-38-34(51-35(42)22-11-3-2-4-12-22)33-32(29(21-41)48-38)49-36(43)23(19-30-39-25-15-7-9-17-27(25)46-30)13-5-6-14-24(37(44)50-33)20-31-40-26-16-8-10-18-28(26)47-31/h2-12,15-18,23-24,29,32-34,38,41H,13-14,19-21H2,1H3/t23-,24-,29+,32+,33-,34-,38-/m0/s1. The van der Waals surface area contributed by atoms with Gasteiger partial charge in [-0.05, 0) is 49.2 Å². The molecule has 264 valence electrons. The van der Waals surface area contributed by atoms with Crippen LogP contribution < -0.4 is 0 Å². The van der Waals surface area contributed by atoms with Crippen molar-refractivity contribution in [3.8, 4) is 0 Å². The van der Waals surface area contributed by atoms with Crippen molar-refractivity contribution in [1.82, 2.24) is 9.97 Å². The maximum atomic E-state index is 14.1. The van der Waals surface area contributed by atoms with Crippen LogP contribution in [-0.4, -0.2) is 77.4 Å². The molecule has 2 aliphatic rings. The molecule has 7 rings (SSSR count). The van der Waals surface area contributed by atoms with Gasteiger partial charge in [0.05, 0.1) is 24.0 Å². The monoisotopic (exact) mass is 696 g/mol. The van der Waals surface area contributed by atoms with E-state index in [0.29, 0.717) is 34.0 Å². The molecule has 2 aliphatic heterocycles. The highest BCUT2D eigenvalue weighted by Crippen LogP contribution is 2.33. The fourth-order valence-corrected chi connectivity index (χ4v) is 6.33. The van der Waals surface area contributed by atoms with Crippen LogP contribution >= 0.6 is 0 Å². The maximum Gasteiger partial charge on any atom is 0.338 e. The zero-order chi connectivity index (χ0) is 35.3. The number of rotatable bonds is 8. The third kappa shape index (κ3) is 7.55. The van der Waals surface area contributed by atoms with Crippen molar-refractivity contribution in [2.24, 2.45) is 11.8 Å². The van der Waals surface area contributed by atoms with Gasteiger partial charge in [-0.3, -0.25) is 9.59 Å². The number of esters is 3. The van der Waals surface area contributed by atoms with Crippen LogP contribution in [-0.2, 0) is 46.1 Å². The highest BCUT2D eigenvalue weighted by Gasteiger charge is 2.53. The van der Waals surface area contributed by atoms with Gasteiger partial charge >= 0.3 is 17.9 Å². The number of benzene rings is 3. The Kier molecular flexibility index (Phi) is 10.2. The topological polar surface area (TPSA) is 170 Å². The molecule has 1 fully saturated rings. The number of hydrogen-bond acceptors (Lipinski definition) is 13. The molecule has 7 atom stereocenters. The van der Waals surface area contributed by atoms with E-state index >= 15 is 0 Å². The summed E-state index contributed by atoms with van der Waals surface area (Å²) < 4.78 is 41.5. The molecule has 0 saturated carbocycles. The summed E-state index contributed by atoms with van der Waals surface area (Å²) in [6, 6.07) is 22.8. The zero-order valence-electron chi connectivity index (χ0n) is 27.7. The van der Waals surface area contributed by atoms with Crippen molar-refractivity contribution >= 4 is 40.1 Å². The number of nitrogens with zero attached hydrogens (tertiary/aromatic N) is 2. The molecule has 13 nitrogen and oxygen atoms in total. The lowest BCUT2D eigenvalue weighted by Crippen LogP contribution is -2.63. The minimum Gasteiger partial charge on any atom is -0.455 e. The summed E-state index contributed by atoms with van der Waals surface area (Å²) in [5.74, 6) is -3.04. The van der Waals surface area contributed by atoms with Crippen LogP contribution in [0.2, 0.25) is 0 Å². The minimum atomic E-state index is -1.44. The predicted molar refractivity (Wildman–Crippen MR) is 179 cm³/mol. The number of hydrogen-bond donors (Lipinski definition) is 1. The molecule has 3 aromatic carbocycles. The molecular weight excluding hydrogens is 660 g/mol. The first-order chi connectivity index (χ1) is 24.9. The summed E-state index contributed by atoms with van der Waals surface area (Å²) in [6.45, 7) is -0.632. The summed E-state index contributed by atoms with van der Waals surface area (Å²) in [4.78, 5) is 50.5. The molecule has 0 bridgehead atoms. The van der Waals surface area contributed by atoms with Gasteiger partial charge in [0.25, 0.3) is 0 Å². The highest BCUT2D eigenvalue weighted by molar-refractivity contribution is 5.89. The van der Waals surface area contributed by atoms with E-state index in [4.69, 9.17) is 32.5 Å². The molecule has 0 unspecified atom stereocenters. The third-order valence-corrected chi connectivity index (χ3v) is 8.95. The largest absolute Gasteiger partial charge is 0.455 e. The Balaban J connectivity index is 1.24. The summed E-state index contributed by atoms with van der Waals surface area (Å²) in [5, 5.41) is 10.5. The molecule has 1 saturated heterocycles. The Labute approximate surface area is 292 Å². The average Bonchev–Trinajstić information content (AvgIpc) is 3.76. The van der Waals surface area contributed by atoms with E-state index in [1.807, 2.05) is 36.4 Å². The van der Waals surface area contributed by atoms with Crippen LogP contribution in [0.5, 0.6) is 0 Å². The van der Waals surface area contributed by atoms with E-state index in [0.717, 1.165) is 0 Å². The Bertz CT molecular complexity index is 1960. The molecule has 0 aliphatic carbocycles. The second-order valence-electron chi connectivity index (χ2n) is 12.4. The summed E-state index contributed by atoms with van der Waals surface area (Å²) in [5.41, 5.74) is 2.66. The van der Waals surface area contributed by atoms with Crippen molar-refractivity contribution in [3.05, 3.63) is 108 Å². The molecule has 5 aromatic rings. The summed E-state index contributed by atoms with van der Waals surface area (Å²) in [6.07, 6.45) is -2.52. The zero-order valence-corrected chi connectivity index (χ0v) is 27.7. The fraction of sp³-hybridized carbons (Fsp3) is 0.342. The van der Waals surface area contributed by atoms with Crippen LogP contribution in [0, 0.1) is 11.8 Å². The van der Waals surface area contributed by atoms with Crippen LogP contribution in [0.25, 0.3) is 22.2 Å². The predicted octanol–water partition coefficient (Wildman–Crippen LogP) is 4.75. The van der Waals surface area contributed by atoms with Crippen molar-refractivity contribution < 1.29 is 52.0 Å². The Morgan fingerprint density at radius 3 is 1.82 bits per heavy atom. The number of allylic oxidation sites excluding steroid dienone is 2. The SMILES string of the molecule is CO[C@H]1O[C@H](CO)[C@H]2OC(=O)[C@H](Cc3nc4ccccc4o3)CC=CC[C@@H](Cc3nc4ccccc4o3)C(=O)O[C@@H]2[C@@H]1OC(=O)c1ccccc1. The van der Waals surface area contributed by atoms with Crippen LogP contribution in [0.4, 0.5) is 0 Å². The number of methoxy groups -OCH3 is 1. The van der Waals surface area contributed by atoms with E-state index in [-0.39, 0.29) is 31.2 Å². The highest BCUT2D eigenvalue weighted by atomic mass is 16.7. The molecule has 13 heteroatoms. The quantitative estimate of drug-likeness (QED) is 0.134. The summed E-state index contributed by atoms with van der Waals surface area (Å²) >= 11 is 0. The number of oxazole rings is 2. The number of aliphatic hydroxyl groups is 1. The van der Waals surface area contributed by atoms with Crippen molar-refractivity contribution in [2.75, 3.05) is 13.7 Å². The number of fused-ring (bicyclic) bond motifs is 3. The molecule has 2 aromatic heterocycles. The van der Waals surface area contributed by atoms with E-state index in [1.165, 1.54) is 7.11 Å². The number of carbonyl (C=O) groups excluding carboxylic acids is 3. The van der Waals surface area contributed by atoms with Gasteiger partial charge in [-0.25, -0.2) is 14.8 Å². The number of para-hydroxylation sites is 4. The number of aromatic nitrogens is 2. The molecule has 0 spiro atoms. The number of carbonyl (C=O) groups is 3. The molecule has 0 amide bonds. The number of ether oxygens (including phenoxy) is 5. The van der Waals surface area contributed by atoms with Gasteiger partial charge in [-0.15, -0.1) is 0 Å². The number of aliphatic hydroxyl groups excluding tert-OH is 1. The third-order valence-electron chi connectivity index (χ3n) is 8.95. The molecular formula is C38H36N2O11. The first kappa shape index (κ1) is 34.1. The lowest BCUT2D eigenvalue weighted by Gasteiger charge is -2.44. The van der Waals surface area contributed by atoms with Crippen molar-refractivity contribution in [1.29, 1.82) is 0 Å². The maximum absolute atomic E-state index is 14.1. The van der Waals surface area contributed by atoms with Gasteiger partial charge in [0.15, 0.2) is 47.5 Å². The average molecular weight is 697 g/mol. The van der Waals surface area contributed by atoms with Gasteiger partial charge in [0.2, 0.25) is 0 Å². The second kappa shape index (κ2) is 15.3. The summed E-state index contributed by atoms with van der Waals surface area (Å²) in [7, 11) is 1.32. The van der Waals surface area contributed by atoms with E-state index in [2.05, 4.69) is 9.97 Å².